The van der Waals surface area contributed by atoms with Crippen molar-refractivity contribution < 1.29 is 14.3 Å². The lowest BCUT2D eigenvalue weighted by molar-refractivity contribution is 0.161. The zero-order valence-electron chi connectivity index (χ0n) is 12.9. The van der Waals surface area contributed by atoms with Crippen LogP contribution in [0.1, 0.15) is 27.2 Å². The van der Waals surface area contributed by atoms with Crippen molar-refractivity contribution in [2.24, 2.45) is 0 Å². The molecule has 1 aromatic carbocycles. The molecule has 0 aromatic heterocycles. The minimum Gasteiger partial charge on any atom is -0.489 e. The number of carbonyl (C=O) groups excluding carboxylic acids is 1. The average Bonchev–Trinajstić information content (AvgIpc) is 2.85. The minimum atomic E-state index is -0.271. The van der Waals surface area contributed by atoms with Crippen molar-refractivity contribution in [2.45, 2.75) is 44.9 Å². The van der Waals surface area contributed by atoms with Gasteiger partial charge in [0, 0.05) is 6.61 Å². The second kappa shape index (κ2) is 6.80. The highest BCUT2D eigenvalue weighted by atomic mass is 16.5. The molecule has 1 fully saturated rings. The lowest BCUT2D eigenvalue weighted by atomic mass is 10.0. The number of para-hydroxylation sites is 1. The summed E-state index contributed by atoms with van der Waals surface area (Å²) in [6, 6.07) is 9.31. The molecule has 2 rings (SSSR count). The van der Waals surface area contributed by atoms with Crippen LogP contribution >= 0.6 is 0 Å². The van der Waals surface area contributed by atoms with E-state index in [1.165, 1.54) is 0 Å². The number of rotatable bonds is 5. The number of hydrogen-bond acceptors (Lipinski definition) is 3. The topological polar surface area (TPSA) is 59.6 Å². The molecule has 5 heteroatoms. The zero-order chi connectivity index (χ0) is 15.3. The summed E-state index contributed by atoms with van der Waals surface area (Å²) in [6.07, 6.45) is 0.719. The lowest BCUT2D eigenvalue weighted by Gasteiger charge is -2.27. The molecule has 21 heavy (non-hydrogen) atoms. The van der Waals surface area contributed by atoms with Gasteiger partial charge in [0.25, 0.3) is 0 Å². The number of nitrogens with one attached hydrogen (secondary N) is 2. The Bertz CT molecular complexity index is 458. The summed E-state index contributed by atoms with van der Waals surface area (Å²) in [5, 5.41) is 5.90. The van der Waals surface area contributed by atoms with E-state index in [0.717, 1.165) is 12.2 Å². The smallest absolute Gasteiger partial charge is 0.315 e. The van der Waals surface area contributed by atoms with Crippen LogP contribution < -0.4 is 15.4 Å². The van der Waals surface area contributed by atoms with E-state index in [1.807, 2.05) is 51.1 Å². The van der Waals surface area contributed by atoms with Crippen LogP contribution in [-0.2, 0) is 4.74 Å². The predicted octanol–water partition coefficient (Wildman–Crippen LogP) is 2.32. The molecule has 1 saturated heterocycles. The van der Waals surface area contributed by atoms with E-state index in [-0.39, 0.29) is 23.7 Å². The van der Waals surface area contributed by atoms with E-state index in [0.29, 0.717) is 13.2 Å². The quantitative estimate of drug-likeness (QED) is 0.875. The standard InChI is InChI=1S/C16H24N2O3/c1-12(13(2)21-14-7-5-4-6-8-14)17-15(19)18-16(3)9-10-20-11-16/h4-8,12-13H,9-11H2,1-3H3,(H2,17,18,19)/t12-,13-,16-/m0/s1. The summed E-state index contributed by atoms with van der Waals surface area (Å²) in [5.74, 6) is 0.801. The first-order valence-corrected chi connectivity index (χ1v) is 7.37. The van der Waals surface area contributed by atoms with Crippen LogP contribution in [-0.4, -0.2) is 36.9 Å². The van der Waals surface area contributed by atoms with Gasteiger partial charge in [0.2, 0.25) is 0 Å². The van der Waals surface area contributed by atoms with Gasteiger partial charge in [-0.2, -0.15) is 0 Å². The third kappa shape index (κ3) is 4.63. The monoisotopic (exact) mass is 292 g/mol. The highest BCUT2D eigenvalue weighted by Crippen LogP contribution is 2.17. The third-order valence-corrected chi connectivity index (χ3v) is 3.76. The molecular formula is C16H24N2O3. The molecule has 0 saturated carbocycles. The van der Waals surface area contributed by atoms with E-state index >= 15 is 0 Å². The third-order valence-electron chi connectivity index (χ3n) is 3.76. The van der Waals surface area contributed by atoms with Gasteiger partial charge in [-0.3, -0.25) is 0 Å². The number of amides is 2. The Morgan fingerprint density at radius 2 is 2.05 bits per heavy atom. The molecule has 1 heterocycles. The number of hydrogen-bond donors (Lipinski definition) is 2. The van der Waals surface area contributed by atoms with Crippen LogP contribution in [0.3, 0.4) is 0 Å². The molecule has 116 valence electrons. The lowest BCUT2D eigenvalue weighted by Crippen LogP contribution is -2.54. The van der Waals surface area contributed by atoms with Gasteiger partial charge in [0.1, 0.15) is 11.9 Å². The number of ether oxygens (including phenoxy) is 2. The van der Waals surface area contributed by atoms with E-state index in [4.69, 9.17) is 9.47 Å². The molecule has 3 atom stereocenters. The van der Waals surface area contributed by atoms with Crippen LogP contribution in [0.2, 0.25) is 0 Å². The average molecular weight is 292 g/mol. The van der Waals surface area contributed by atoms with Crippen molar-refractivity contribution in [1.29, 1.82) is 0 Å². The second-order valence-corrected chi connectivity index (χ2v) is 5.89. The summed E-state index contributed by atoms with van der Waals surface area (Å²) in [4.78, 5) is 12.0. The van der Waals surface area contributed by atoms with Crippen LogP contribution in [0.25, 0.3) is 0 Å². The maximum atomic E-state index is 12.0. The van der Waals surface area contributed by atoms with E-state index < -0.39 is 0 Å². The molecule has 0 unspecified atom stereocenters. The Balaban J connectivity index is 1.80. The van der Waals surface area contributed by atoms with Crippen molar-refractivity contribution in [1.82, 2.24) is 10.6 Å². The summed E-state index contributed by atoms with van der Waals surface area (Å²) >= 11 is 0. The molecular weight excluding hydrogens is 268 g/mol. The van der Waals surface area contributed by atoms with Crippen molar-refractivity contribution in [3.63, 3.8) is 0 Å². The first kappa shape index (κ1) is 15.6. The van der Waals surface area contributed by atoms with Crippen LogP contribution in [0.5, 0.6) is 5.75 Å². The molecule has 2 amide bonds. The SMILES string of the molecule is C[C@H](NC(=O)N[C@@]1(C)CCOC1)[C@H](C)Oc1ccccc1. The fraction of sp³-hybridized carbons (Fsp3) is 0.562. The Labute approximate surface area is 126 Å². The molecule has 1 aliphatic heterocycles. The molecule has 1 aliphatic rings. The van der Waals surface area contributed by atoms with Gasteiger partial charge in [-0.1, -0.05) is 18.2 Å². The molecule has 1 aromatic rings. The van der Waals surface area contributed by atoms with E-state index in [1.54, 1.807) is 0 Å². The van der Waals surface area contributed by atoms with Gasteiger partial charge < -0.3 is 20.1 Å². The number of benzene rings is 1. The zero-order valence-corrected chi connectivity index (χ0v) is 12.9. The van der Waals surface area contributed by atoms with E-state index in [9.17, 15) is 4.79 Å². The van der Waals surface area contributed by atoms with E-state index in [2.05, 4.69) is 10.6 Å². The first-order valence-electron chi connectivity index (χ1n) is 7.37. The Morgan fingerprint density at radius 1 is 1.33 bits per heavy atom. The van der Waals surface area contributed by atoms with Gasteiger partial charge in [-0.15, -0.1) is 0 Å². The second-order valence-electron chi connectivity index (χ2n) is 5.89. The van der Waals surface area contributed by atoms with Crippen molar-refractivity contribution in [2.75, 3.05) is 13.2 Å². The number of carbonyl (C=O) groups is 1. The first-order chi connectivity index (χ1) is 9.98. The Hall–Kier alpha value is -1.75. The minimum absolute atomic E-state index is 0.101. The normalized spacial score (nSPS) is 24.1. The fourth-order valence-corrected chi connectivity index (χ4v) is 2.22. The maximum absolute atomic E-state index is 12.0. The van der Waals surface area contributed by atoms with Gasteiger partial charge in [-0.25, -0.2) is 4.79 Å². The summed E-state index contributed by atoms with van der Waals surface area (Å²) in [6.45, 7) is 7.12. The van der Waals surface area contributed by atoms with Gasteiger partial charge >= 0.3 is 6.03 Å². The number of urea groups is 1. The highest BCUT2D eigenvalue weighted by molar-refractivity contribution is 5.75. The van der Waals surface area contributed by atoms with Crippen molar-refractivity contribution in [3.05, 3.63) is 30.3 Å². The van der Waals surface area contributed by atoms with Crippen molar-refractivity contribution >= 4 is 6.03 Å². The molecule has 0 bridgehead atoms. The van der Waals surface area contributed by atoms with Gasteiger partial charge in [0.05, 0.1) is 18.2 Å². The van der Waals surface area contributed by atoms with Crippen LogP contribution in [0.4, 0.5) is 4.79 Å². The van der Waals surface area contributed by atoms with Crippen LogP contribution in [0, 0.1) is 0 Å². The summed E-state index contributed by atoms with van der Waals surface area (Å²) in [5.41, 5.74) is -0.271. The fourth-order valence-electron chi connectivity index (χ4n) is 2.22. The summed E-state index contributed by atoms with van der Waals surface area (Å²) < 4.78 is 11.1. The summed E-state index contributed by atoms with van der Waals surface area (Å²) in [7, 11) is 0. The predicted molar refractivity (Wildman–Crippen MR) is 81.5 cm³/mol. The highest BCUT2D eigenvalue weighted by Gasteiger charge is 2.31. The van der Waals surface area contributed by atoms with Crippen LogP contribution in [0.15, 0.2) is 30.3 Å². The molecule has 0 radical (unpaired) electrons. The molecule has 5 nitrogen and oxygen atoms in total. The van der Waals surface area contributed by atoms with Gasteiger partial charge in [0.15, 0.2) is 0 Å². The molecule has 0 aliphatic carbocycles. The maximum Gasteiger partial charge on any atom is 0.315 e. The van der Waals surface area contributed by atoms with Crippen molar-refractivity contribution in [3.8, 4) is 5.75 Å². The largest absolute Gasteiger partial charge is 0.489 e. The molecule has 2 N–H and O–H groups in total. The molecule has 0 spiro atoms. The van der Waals surface area contributed by atoms with Gasteiger partial charge in [-0.05, 0) is 39.3 Å². The Kier molecular flexibility index (Phi) is 5.07. The Morgan fingerprint density at radius 3 is 2.67 bits per heavy atom.